The summed E-state index contributed by atoms with van der Waals surface area (Å²) in [6.45, 7) is 3.49. The third kappa shape index (κ3) is 2.66. The van der Waals surface area contributed by atoms with E-state index in [0.29, 0.717) is 27.1 Å². The number of aromatic nitrogens is 2. The van der Waals surface area contributed by atoms with Gasteiger partial charge in [-0.25, -0.2) is 4.68 Å². The Morgan fingerprint density at radius 1 is 1.37 bits per heavy atom. The van der Waals surface area contributed by atoms with Gasteiger partial charge in [0.25, 0.3) is 0 Å². The first-order chi connectivity index (χ1) is 8.91. The summed E-state index contributed by atoms with van der Waals surface area (Å²) in [6.07, 6.45) is 0. The van der Waals surface area contributed by atoms with Crippen LogP contribution in [0.2, 0.25) is 10.0 Å². The number of benzene rings is 1. The van der Waals surface area contributed by atoms with Gasteiger partial charge in [0, 0.05) is 17.8 Å². The Hall–Kier alpha value is -1.36. The van der Waals surface area contributed by atoms with Gasteiger partial charge in [-0.2, -0.15) is 5.10 Å². The second kappa shape index (κ2) is 5.33. The molecule has 19 heavy (non-hydrogen) atoms. The largest absolute Gasteiger partial charge is 0.323 e. The van der Waals surface area contributed by atoms with Gasteiger partial charge in [-0.15, -0.1) is 0 Å². The van der Waals surface area contributed by atoms with E-state index in [2.05, 4.69) is 5.10 Å². The Morgan fingerprint density at radius 2 is 2.05 bits per heavy atom. The number of nitrogens with zero attached hydrogens (tertiary/aromatic N) is 2. The maximum absolute atomic E-state index is 11.8. The lowest BCUT2D eigenvalue weighted by Gasteiger charge is -2.14. The molecule has 2 N–H and O–H groups in total. The number of hydrogen-bond acceptors (Lipinski definition) is 3. The summed E-state index contributed by atoms with van der Waals surface area (Å²) in [7, 11) is 0. The first kappa shape index (κ1) is 14.1. The monoisotopic (exact) mass is 297 g/mol. The van der Waals surface area contributed by atoms with Gasteiger partial charge in [-0.05, 0) is 26.0 Å². The molecule has 0 saturated heterocycles. The molecule has 2 aromatic rings. The zero-order valence-electron chi connectivity index (χ0n) is 10.5. The molecule has 0 aliphatic rings. The van der Waals surface area contributed by atoms with Crippen LogP contribution in [0.3, 0.4) is 0 Å². The highest BCUT2D eigenvalue weighted by atomic mass is 35.5. The summed E-state index contributed by atoms with van der Waals surface area (Å²) in [5.74, 6) is 0. The van der Waals surface area contributed by atoms with Crippen LogP contribution in [0.4, 0.5) is 0 Å². The lowest BCUT2D eigenvalue weighted by Crippen LogP contribution is -2.24. The van der Waals surface area contributed by atoms with Crippen molar-refractivity contribution in [2.24, 2.45) is 5.73 Å². The van der Waals surface area contributed by atoms with Crippen molar-refractivity contribution in [3.05, 3.63) is 55.9 Å². The fourth-order valence-electron chi connectivity index (χ4n) is 1.78. The van der Waals surface area contributed by atoms with Gasteiger partial charge in [0.05, 0.1) is 15.7 Å². The highest BCUT2D eigenvalue weighted by Gasteiger charge is 2.13. The van der Waals surface area contributed by atoms with Crippen molar-refractivity contribution < 1.29 is 0 Å². The van der Waals surface area contributed by atoms with Crippen molar-refractivity contribution in [2.45, 2.75) is 19.9 Å². The number of hydrogen-bond donors (Lipinski definition) is 1. The molecular weight excluding hydrogens is 285 g/mol. The van der Waals surface area contributed by atoms with Crippen LogP contribution >= 0.6 is 23.2 Å². The summed E-state index contributed by atoms with van der Waals surface area (Å²) in [5.41, 5.74) is 7.14. The van der Waals surface area contributed by atoms with Crippen LogP contribution in [0, 0.1) is 6.92 Å². The van der Waals surface area contributed by atoms with E-state index >= 15 is 0 Å². The van der Waals surface area contributed by atoms with Crippen molar-refractivity contribution in [1.82, 2.24) is 9.78 Å². The number of nitrogens with two attached hydrogens (primary N) is 1. The fraction of sp³-hybridized carbons (Fsp3) is 0.231. The zero-order chi connectivity index (χ0) is 14.2. The molecule has 0 radical (unpaired) electrons. The average Bonchev–Trinajstić information content (AvgIpc) is 2.33. The van der Waals surface area contributed by atoms with Crippen molar-refractivity contribution in [2.75, 3.05) is 0 Å². The fourth-order valence-corrected chi connectivity index (χ4v) is 2.15. The van der Waals surface area contributed by atoms with E-state index < -0.39 is 6.04 Å². The van der Waals surface area contributed by atoms with E-state index in [0.717, 1.165) is 0 Å². The number of rotatable bonds is 2. The maximum Gasteiger partial charge on any atom is 0.205 e. The molecule has 0 aliphatic carbocycles. The molecule has 1 heterocycles. The van der Waals surface area contributed by atoms with E-state index in [1.54, 1.807) is 36.7 Å². The van der Waals surface area contributed by atoms with Crippen molar-refractivity contribution in [1.29, 1.82) is 0 Å². The molecule has 0 saturated carbocycles. The predicted octanol–water partition coefficient (Wildman–Crippen LogP) is 2.87. The van der Waals surface area contributed by atoms with E-state index in [1.165, 1.54) is 6.07 Å². The second-order valence-electron chi connectivity index (χ2n) is 4.31. The molecule has 2 rings (SSSR count). The molecule has 0 fully saturated rings. The summed E-state index contributed by atoms with van der Waals surface area (Å²) >= 11 is 12.2. The maximum atomic E-state index is 11.8. The van der Waals surface area contributed by atoms with Crippen LogP contribution in [-0.4, -0.2) is 9.78 Å². The Labute approximate surface area is 120 Å². The van der Waals surface area contributed by atoms with E-state index in [-0.39, 0.29) is 5.43 Å². The van der Waals surface area contributed by atoms with Crippen LogP contribution < -0.4 is 11.2 Å². The molecule has 1 atom stereocenters. The minimum absolute atomic E-state index is 0.179. The van der Waals surface area contributed by atoms with Crippen molar-refractivity contribution >= 4 is 23.2 Å². The standard InChI is InChI=1S/C13H13Cl2N3O/c1-7-6-11(19)13(8(2)16)17-18(7)10-5-3-4-9(14)12(10)15/h3-6,8H,16H2,1-2H3. The normalized spacial score (nSPS) is 12.5. The first-order valence-corrected chi connectivity index (χ1v) is 6.48. The van der Waals surface area contributed by atoms with Crippen LogP contribution in [0.15, 0.2) is 29.1 Å². The Kier molecular flexibility index (Phi) is 3.94. The second-order valence-corrected chi connectivity index (χ2v) is 5.09. The summed E-state index contributed by atoms with van der Waals surface area (Å²) < 4.78 is 1.58. The van der Waals surface area contributed by atoms with Crippen LogP contribution in [0.1, 0.15) is 24.4 Å². The van der Waals surface area contributed by atoms with Crippen molar-refractivity contribution in [3.63, 3.8) is 0 Å². The van der Waals surface area contributed by atoms with Gasteiger partial charge in [-0.3, -0.25) is 4.79 Å². The molecule has 1 aromatic heterocycles. The third-order valence-corrected chi connectivity index (χ3v) is 3.53. The minimum Gasteiger partial charge on any atom is -0.323 e. The van der Waals surface area contributed by atoms with Gasteiger partial charge in [0.2, 0.25) is 5.43 Å². The average molecular weight is 298 g/mol. The molecule has 0 spiro atoms. The highest BCUT2D eigenvalue weighted by Crippen LogP contribution is 2.28. The first-order valence-electron chi connectivity index (χ1n) is 5.72. The Morgan fingerprint density at radius 3 is 2.68 bits per heavy atom. The highest BCUT2D eigenvalue weighted by molar-refractivity contribution is 6.43. The van der Waals surface area contributed by atoms with Gasteiger partial charge >= 0.3 is 0 Å². The van der Waals surface area contributed by atoms with Crippen LogP contribution in [0.5, 0.6) is 0 Å². The summed E-state index contributed by atoms with van der Waals surface area (Å²) in [5, 5.41) is 5.10. The SMILES string of the molecule is Cc1cc(=O)c(C(C)N)nn1-c1cccc(Cl)c1Cl. The van der Waals surface area contributed by atoms with Crippen molar-refractivity contribution in [3.8, 4) is 5.69 Å². The van der Waals surface area contributed by atoms with E-state index in [4.69, 9.17) is 28.9 Å². The molecule has 0 aliphatic heterocycles. The molecule has 1 aromatic carbocycles. The topological polar surface area (TPSA) is 60.9 Å². The van der Waals surface area contributed by atoms with Crippen LogP contribution in [0.25, 0.3) is 5.69 Å². The molecule has 0 amide bonds. The lowest BCUT2D eigenvalue weighted by molar-refractivity contribution is 0.687. The molecule has 4 nitrogen and oxygen atoms in total. The van der Waals surface area contributed by atoms with Gasteiger partial charge in [0.15, 0.2) is 0 Å². The zero-order valence-corrected chi connectivity index (χ0v) is 12.0. The van der Waals surface area contributed by atoms with E-state index in [9.17, 15) is 4.79 Å². The van der Waals surface area contributed by atoms with Crippen LogP contribution in [-0.2, 0) is 0 Å². The summed E-state index contributed by atoms with van der Waals surface area (Å²) in [4.78, 5) is 11.8. The van der Waals surface area contributed by atoms with Gasteiger partial charge < -0.3 is 5.73 Å². The summed E-state index contributed by atoms with van der Waals surface area (Å²) in [6, 6.07) is 6.29. The minimum atomic E-state index is -0.447. The molecule has 0 bridgehead atoms. The molecule has 1 unspecified atom stereocenters. The Bertz CT molecular complexity index is 680. The quantitative estimate of drug-likeness (QED) is 0.927. The van der Waals surface area contributed by atoms with E-state index in [1.807, 2.05) is 0 Å². The number of halogens is 2. The predicted molar refractivity (Wildman–Crippen MR) is 77.2 cm³/mol. The van der Waals surface area contributed by atoms with Gasteiger partial charge in [-0.1, -0.05) is 29.3 Å². The smallest absolute Gasteiger partial charge is 0.205 e. The van der Waals surface area contributed by atoms with Gasteiger partial charge in [0.1, 0.15) is 5.69 Å². The third-order valence-electron chi connectivity index (χ3n) is 2.72. The molecule has 6 heteroatoms. The molecular formula is C13H13Cl2N3O. The number of aryl methyl sites for hydroxylation is 1. The Balaban J connectivity index is 2.72. The lowest BCUT2D eigenvalue weighted by atomic mass is 10.2. The molecule has 100 valence electrons.